The molecule has 340 valence electrons. The number of amides is 1. The molecule has 11 nitrogen and oxygen atoms in total. The minimum atomic E-state index is -2.32. The van der Waals surface area contributed by atoms with Crippen LogP contribution in [0.3, 0.4) is 0 Å². The molecule has 1 saturated heterocycles. The van der Waals surface area contributed by atoms with Crippen molar-refractivity contribution >= 4 is 26.2 Å². The predicted octanol–water partition coefficient (Wildman–Crippen LogP) is 9.39. The fourth-order valence-corrected chi connectivity index (χ4v) is 7.84. The first-order valence-electron chi connectivity index (χ1n) is 22.3. The van der Waals surface area contributed by atoms with E-state index in [1.54, 1.807) is 58.0 Å². The lowest BCUT2D eigenvalue weighted by molar-refractivity contribution is -0.185. The quantitative estimate of drug-likeness (QED) is 0.0289. The Morgan fingerprint density at radius 1 is 0.933 bits per heavy atom. The van der Waals surface area contributed by atoms with E-state index in [0.29, 0.717) is 25.4 Å². The van der Waals surface area contributed by atoms with E-state index in [-0.39, 0.29) is 31.1 Å². The molecule has 12 heteroatoms. The zero-order chi connectivity index (χ0) is 44.9. The van der Waals surface area contributed by atoms with E-state index in [2.05, 4.69) is 57.9 Å². The Bertz CT molecular complexity index is 1530. The molecular weight excluding hydrogens is 779 g/mol. The summed E-state index contributed by atoms with van der Waals surface area (Å²) in [7, 11) is -1.05. The third kappa shape index (κ3) is 18.4. The number of nitrogens with one attached hydrogen (secondary N) is 1. The fraction of sp³-hybridized carbons (Fsp3) is 0.729. The molecule has 0 radical (unpaired) electrons. The highest BCUT2D eigenvalue weighted by atomic mass is 28.4. The summed E-state index contributed by atoms with van der Waals surface area (Å²) < 4.78 is 35.2. The van der Waals surface area contributed by atoms with Crippen molar-refractivity contribution in [3.63, 3.8) is 0 Å². The molecule has 1 aliphatic heterocycles. The third-order valence-corrected chi connectivity index (χ3v) is 16.0. The van der Waals surface area contributed by atoms with Gasteiger partial charge >= 0.3 is 11.9 Å². The lowest BCUT2D eigenvalue weighted by Crippen LogP contribution is -2.57. The van der Waals surface area contributed by atoms with Gasteiger partial charge in [-0.2, -0.15) is 0 Å². The van der Waals surface area contributed by atoms with E-state index in [9.17, 15) is 19.5 Å². The summed E-state index contributed by atoms with van der Waals surface area (Å²) in [5, 5.41) is 15.2. The number of esters is 2. The summed E-state index contributed by atoms with van der Waals surface area (Å²) in [6.07, 6.45) is 15.5. The molecule has 1 heterocycles. The van der Waals surface area contributed by atoms with Crippen molar-refractivity contribution in [3.05, 3.63) is 42.0 Å². The molecule has 1 amide bonds. The molecule has 3 atom stereocenters. The molecule has 0 bridgehead atoms. The number of benzene rings is 1. The van der Waals surface area contributed by atoms with Gasteiger partial charge in [-0.15, -0.1) is 5.92 Å². The lowest BCUT2D eigenvalue weighted by atomic mass is 9.82. The van der Waals surface area contributed by atoms with Gasteiger partial charge in [-0.25, -0.2) is 9.59 Å². The second-order valence-electron chi connectivity index (χ2n) is 18.6. The summed E-state index contributed by atoms with van der Waals surface area (Å²) in [5.41, 5.74) is -2.53. The van der Waals surface area contributed by atoms with Crippen molar-refractivity contribution in [3.8, 4) is 17.6 Å². The van der Waals surface area contributed by atoms with Crippen LogP contribution in [0.2, 0.25) is 18.1 Å². The van der Waals surface area contributed by atoms with Crippen LogP contribution in [0.15, 0.2) is 36.4 Å². The topological polar surface area (TPSA) is 139 Å². The number of ether oxygens (including phenoxy) is 5. The van der Waals surface area contributed by atoms with Gasteiger partial charge in [0, 0.05) is 32.3 Å². The van der Waals surface area contributed by atoms with Crippen molar-refractivity contribution in [2.75, 3.05) is 33.5 Å². The number of allylic oxidation sites excluding steroid dienone is 1. The first-order chi connectivity index (χ1) is 28.2. The number of carbonyl (C=O) groups excluding carboxylic acids is 3. The third-order valence-electron chi connectivity index (χ3n) is 11.4. The molecule has 1 unspecified atom stereocenters. The van der Waals surface area contributed by atoms with Gasteiger partial charge in [0.15, 0.2) is 19.7 Å². The van der Waals surface area contributed by atoms with E-state index in [1.165, 1.54) is 32.8 Å². The van der Waals surface area contributed by atoms with Gasteiger partial charge in [0.1, 0.15) is 24.0 Å². The van der Waals surface area contributed by atoms with E-state index in [1.807, 2.05) is 6.08 Å². The highest BCUT2D eigenvalue weighted by molar-refractivity contribution is 6.74. The summed E-state index contributed by atoms with van der Waals surface area (Å²) in [6.45, 7) is 21.2. The van der Waals surface area contributed by atoms with Crippen molar-refractivity contribution in [1.82, 2.24) is 5.32 Å². The molecule has 1 aromatic rings. The van der Waals surface area contributed by atoms with Crippen LogP contribution in [-0.4, -0.2) is 87.8 Å². The first-order valence-corrected chi connectivity index (χ1v) is 25.2. The van der Waals surface area contributed by atoms with Crippen LogP contribution in [0.4, 0.5) is 0 Å². The van der Waals surface area contributed by atoms with Crippen LogP contribution in [0.1, 0.15) is 144 Å². The zero-order valence-electron chi connectivity index (χ0n) is 39.0. The SMILES string of the molecule is CC#CCOc1ccc(CC(NC(=O)[C@@H](/C=C/CCCCCCC2(CCCCCCC)OCCO2)[C@](O)(CCO[Si](C)(C)C(C)(C)C)C(=O)OC(C)(C)C)C(=O)OC)cc1. The second-order valence-corrected chi connectivity index (χ2v) is 23.4. The number of methoxy groups -OCH3 is 1. The molecule has 1 aromatic carbocycles. The Morgan fingerprint density at radius 3 is 2.08 bits per heavy atom. The Labute approximate surface area is 363 Å². The molecule has 1 aliphatic rings. The van der Waals surface area contributed by atoms with Crippen LogP contribution >= 0.6 is 0 Å². The maximum atomic E-state index is 14.5. The highest BCUT2D eigenvalue weighted by Crippen LogP contribution is 2.38. The lowest BCUT2D eigenvalue weighted by Gasteiger charge is -2.38. The molecule has 1 fully saturated rings. The largest absolute Gasteiger partial charge is 0.481 e. The first kappa shape index (κ1) is 52.9. The molecule has 0 spiro atoms. The van der Waals surface area contributed by atoms with Crippen molar-refractivity contribution in [2.24, 2.45) is 5.92 Å². The minimum Gasteiger partial charge on any atom is -0.481 e. The smallest absolute Gasteiger partial charge is 0.339 e. The Morgan fingerprint density at radius 2 is 1.53 bits per heavy atom. The van der Waals surface area contributed by atoms with Crippen LogP contribution in [0, 0.1) is 17.8 Å². The molecule has 60 heavy (non-hydrogen) atoms. The van der Waals surface area contributed by atoms with E-state index in [0.717, 1.165) is 50.5 Å². The highest BCUT2D eigenvalue weighted by Gasteiger charge is 2.50. The van der Waals surface area contributed by atoms with Gasteiger partial charge in [0.05, 0.1) is 26.2 Å². The summed E-state index contributed by atoms with van der Waals surface area (Å²) in [6, 6.07) is 6.01. The zero-order valence-corrected chi connectivity index (χ0v) is 40.0. The van der Waals surface area contributed by atoms with Crippen LogP contribution < -0.4 is 10.1 Å². The van der Waals surface area contributed by atoms with Gasteiger partial charge in [-0.05, 0) is 89.2 Å². The molecular formula is C48H79NO10Si. The van der Waals surface area contributed by atoms with Gasteiger partial charge in [0.25, 0.3) is 0 Å². The second kappa shape index (κ2) is 25.7. The van der Waals surface area contributed by atoms with Crippen LogP contribution in [0.25, 0.3) is 0 Å². The maximum absolute atomic E-state index is 14.5. The van der Waals surface area contributed by atoms with Crippen molar-refractivity contribution in [1.29, 1.82) is 0 Å². The normalized spacial score (nSPS) is 16.3. The maximum Gasteiger partial charge on any atom is 0.339 e. The van der Waals surface area contributed by atoms with Crippen LogP contribution in [-0.2, 0) is 44.2 Å². The molecule has 0 aromatic heterocycles. The number of unbranched alkanes of at least 4 members (excludes halogenated alkanes) is 8. The van der Waals surface area contributed by atoms with Gasteiger partial charge in [-0.3, -0.25) is 4.79 Å². The number of hydrogen-bond donors (Lipinski definition) is 2. The van der Waals surface area contributed by atoms with Crippen molar-refractivity contribution < 1.29 is 47.6 Å². The van der Waals surface area contributed by atoms with Crippen molar-refractivity contribution in [2.45, 2.75) is 186 Å². The Hall–Kier alpha value is -3.21. The minimum absolute atomic E-state index is 0.0240. The molecule has 2 N–H and O–H groups in total. The summed E-state index contributed by atoms with van der Waals surface area (Å²) in [5.74, 6) is 2.06. The molecule has 2 rings (SSSR count). The van der Waals surface area contributed by atoms with Gasteiger partial charge < -0.3 is 38.5 Å². The number of carbonyl (C=O) groups is 3. The number of hydrogen-bond acceptors (Lipinski definition) is 10. The summed E-state index contributed by atoms with van der Waals surface area (Å²) >= 11 is 0. The number of aliphatic hydroxyl groups is 1. The average molecular weight is 858 g/mol. The van der Waals surface area contributed by atoms with Gasteiger partial charge in [0.2, 0.25) is 5.91 Å². The predicted molar refractivity (Wildman–Crippen MR) is 240 cm³/mol. The molecule has 0 aliphatic carbocycles. The molecule has 0 saturated carbocycles. The fourth-order valence-electron chi connectivity index (χ4n) is 6.79. The standard InChI is InChI=1S/C48H79NO10Si/c1-12-14-16-20-23-30-47(56-35-36-57-47)31-24-21-18-17-19-22-25-40(48(53,44(52)59-45(3,4)5)32-34-58-60(10,11)46(6,7)8)42(50)49-41(43(51)54-9)37-38-26-28-39(29-27-38)55-33-15-13-2/h22,25-29,40-41,53H,12,14,16-21,23-24,30-37H2,1-11H3,(H,49,50)/b25-22+/t40-,41?,48-/m1/s1. The summed E-state index contributed by atoms with van der Waals surface area (Å²) in [4.78, 5) is 41.7. The van der Waals surface area contributed by atoms with Crippen LogP contribution in [0.5, 0.6) is 5.75 Å². The Balaban J connectivity index is 2.31. The average Bonchev–Trinajstić information content (AvgIpc) is 3.64. The Kier molecular flexibility index (Phi) is 22.6. The van der Waals surface area contributed by atoms with E-state index < -0.39 is 55.1 Å². The van der Waals surface area contributed by atoms with E-state index in [4.69, 9.17) is 28.1 Å². The van der Waals surface area contributed by atoms with Gasteiger partial charge in [-0.1, -0.05) is 96.4 Å². The van der Waals surface area contributed by atoms with E-state index >= 15 is 0 Å². The monoisotopic (exact) mass is 858 g/mol. The number of rotatable bonds is 27.